The van der Waals surface area contributed by atoms with Gasteiger partial charge in [-0.1, -0.05) is 42.9 Å². The second-order valence-electron chi connectivity index (χ2n) is 2.36. The van der Waals surface area contributed by atoms with Gasteiger partial charge in [-0.2, -0.15) is 0 Å². The zero-order valence-corrected chi connectivity index (χ0v) is 11.4. The summed E-state index contributed by atoms with van der Waals surface area (Å²) in [6.07, 6.45) is 0. The summed E-state index contributed by atoms with van der Waals surface area (Å²) in [6.45, 7) is 15.6. The summed E-state index contributed by atoms with van der Waals surface area (Å²) in [5, 5.41) is 7.89. The monoisotopic (exact) mass is 340 g/mol. The smallest absolute Gasteiger partial charge is 0.332 e. The molecule has 0 aliphatic carbocycles. The molecule has 0 saturated heterocycles. The zero-order chi connectivity index (χ0) is 17.0. The van der Waals surface area contributed by atoms with E-state index in [-0.39, 0.29) is 41.2 Å². The van der Waals surface area contributed by atoms with E-state index in [4.69, 9.17) is 19.5 Å². The van der Waals surface area contributed by atoms with E-state index in [1.165, 1.54) is 14.0 Å². The molecule has 0 saturated carbocycles. The summed E-state index contributed by atoms with van der Waals surface area (Å²) in [5.41, 5.74) is 0.609. The van der Waals surface area contributed by atoms with Crippen molar-refractivity contribution in [2.75, 3.05) is 7.11 Å². The fraction of sp³-hybridized carbons (Fsp3) is 0.438. The summed E-state index contributed by atoms with van der Waals surface area (Å²) in [4.78, 5) is 43.8. The highest BCUT2D eigenvalue weighted by atomic mass is 16.5. The first kappa shape index (κ1) is 59.0. The minimum Gasteiger partial charge on any atom is -0.478 e. The van der Waals surface area contributed by atoms with Crippen LogP contribution in [-0.2, 0) is 28.7 Å². The molecule has 0 amide bonds. The number of rotatable bonds is 2. The van der Waals surface area contributed by atoms with Crippen LogP contribution >= 0.6 is 0 Å². The lowest BCUT2D eigenvalue weighted by atomic mass is 10.4. The van der Waals surface area contributed by atoms with Gasteiger partial charge >= 0.3 is 11.9 Å². The van der Waals surface area contributed by atoms with E-state index in [2.05, 4.69) is 17.9 Å². The second-order valence-corrected chi connectivity index (χ2v) is 2.36. The molecule has 0 fully saturated rings. The molecule has 0 aliphatic rings. The van der Waals surface area contributed by atoms with Crippen LogP contribution < -0.4 is 0 Å². The van der Waals surface area contributed by atoms with Crippen LogP contribution in [0.3, 0.4) is 0 Å². The third-order valence-corrected chi connectivity index (χ3v) is 0.899. The second kappa shape index (κ2) is 60.7. The van der Waals surface area contributed by atoms with E-state index in [1.807, 2.05) is 20.4 Å². The van der Waals surface area contributed by atoms with Gasteiger partial charge in [0.25, 0.3) is 0 Å². The van der Waals surface area contributed by atoms with Crippen LogP contribution in [0.1, 0.15) is 43.6 Å². The maximum Gasteiger partial charge on any atom is 0.332 e. The van der Waals surface area contributed by atoms with Crippen molar-refractivity contribution in [2.24, 2.45) is 0 Å². The van der Waals surface area contributed by atoms with Crippen molar-refractivity contribution in [3.05, 3.63) is 24.3 Å². The molecule has 0 unspecified atom stereocenters. The molecule has 7 nitrogen and oxygen atoms in total. The number of aliphatic carboxylic acids is 1. The molecule has 0 atom stereocenters. The first-order valence-electron chi connectivity index (χ1n) is 4.32. The molecule has 1 N–H and O–H groups in total. The van der Waals surface area contributed by atoms with Gasteiger partial charge in [0.05, 0.1) is 7.11 Å². The minimum absolute atomic E-state index is 0. The molecule has 0 bridgehead atoms. The molecule has 7 heteroatoms. The van der Waals surface area contributed by atoms with Crippen LogP contribution in [0.2, 0.25) is 0 Å². The van der Waals surface area contributed by atoms with Gasteiger partial charge in [-0.05, 0) is 13.8 Å². The molecule has 0 rings (SSSR count). The fourth-order valence-electron chi connectivity index (χ4n) is 0.174. The van der Waals surface area contributed by atoms with E-state index in [0.29, 0.717) is 5.57 Å². The molecular weight excluding hydrogens is 304 g/mol. The van der Waals surface area contributed by atoms with Crippen molar-refractivity contribution in [1.29, 1.82) is 0 Å². The summed E-state index contributed by atoms with van der Waals surface area (Å²) in [5.74, 6) is -1.28. The van der Waals surface area contributed by atoms with E-state index in [9.17, 15) is 9.59 Å². The van der Waals surface area contributed by atoms with Gasteiger partial charge in [-0.3, -0.25) is 0 Å². The van der Waals surface area contributed by atoms with Crippen molar-refractivity contribution in [1.82, 2.24) is 0 Å². The molecule has 0 spiro atoms. The topological polar surface area (TPSA) is 115 Å². The van der Waals surface area contributed by atoms with Gasteiger partial charge in [0.1, 0.15) is 20.4 Å². The standard InChI is InChI=1S/C5H8O2.C4H6O2.3CH2O.4CH4/c1-4(2)5(6)7-3;1-3(2)4(5)6;3*1-2;;;;/h1H2,2-3H3;1H2,2H3,(H,5,6);3*1H2;4*1H4. The van der Waals surface area contributed by atoms with Crippen molar-refractivity contribution in [3.63, 3.8) is 0 Å². The first-order chi connectivity index (χ1) is 8.82. The largest absolute Gasteiger partial charge is 0.478 e. The highest BCUT2D eigenvalue weighted by Gasteiger charge is 1.95. The van der Waals surface area contributed by atoms with E-state index in [1.54, 1.807) is 6.92 Å². The van der Waals surface area contributed by atoms with Crippen molar-refractivity contribution in [3.8, 4) is 0 Å². The summed E-state index contributed by atoms with van der Waals surface area (Å²) < 4.78 is 4.27. The molecule has 23 heavy (non-hydrogen) atoms. The highest BCUT2D eigenvalue weighted by Crippen LogP contribution is 1.87. The summed E-state index contributed by atoms with van der Waals surface area (Å²) in [6, 6.07) is 0. The molecule has 0 aliphatic heterocycles. The van der Waals surface area contributed by atoms with E-state index in [0.717, 1.165) is 0 Å². The predicted molar refractivity (Wildman–Crippen MR) is 97.6 cm³/mol. The Morgan fingerprint density at radius 2 is 0.913 bits per heavy atom. The van der Waals surface area contributed by atoms with Gasteiger partial charge in [-0.25, -0.2) is 9.59 Å². The van der Waals surface area contributed by atoms with Crippen molar-refractivity contribution < 1.29 is 33.8 Å². The van der Waals surface area contributed by atoms with Crippen molar-refractivity contribution in [2.45, 2.75) is 43.6 Å². The Balaban J connectivity index is -0.0000000162. The maximum absolute atomic E-state index is 10.2. The number of carboxylic acid groups (broad SMARTS) is 1. The number of ether oxygens (including phenoxy) is 1. The number of methoxy groups -OCH3 is 1. The highest BCUT2D eigenvalue weighted by molar-refractivity contribution is 5.86. The number of carboxylic acids is 1. The van der Waals surface area contributed by atoms with Crippen LogP contribution in [0.15, 0.2) is 24.3 Å². The van der Waals surface area contributed by atoms with Crippen LogP contribution in [0.4, 0.5) is 0 Å². The average Bonchev–Trinajstić information content (AvgIpc) is 2.44. The Bertz CT molecular complexity index is 257. The van der Waals surface area contributed by atoms with Gasteiger partial charge in [0, 0.05) is 11.1 Å². The lowest BCUT2D eigenvalue weighted by Gasteiger charge is -1.91. The number of carbonyl (C=O) groups is 5. The van der Waals surface area contributed by atoms with Gasteiger partial charge < -0.3 is 24.2 Å². The molecular formula is C16H36O7. The third-order valence-electron chi connectivity index (χ3n) is 0.899. The Morgan fingerprint density at radius 3 is 0.913 bits per heavy atom. The number of esters is 1. The summed E-state index contributed by atoms with van der Waals surface area (Å²) >= 11 is 0. The molecule has 0 radical (unpaired) electrons. The average molecular weight is 340 g/mol. The third kappa shape index (κ3) is 107. The van der Waals surface area contributed by atoms with Gasteiger partial charge in [0.2, 0.25) is 0 Å². The fourth-order valence-corrected chi connectivity index (χ4v) is 0.174. The number of hydrogen-bond acceptors (Lipinski definition) is 6. The minimum atomic E-state index is -0.935. The lowest BCUT2D eigenvalue weighted by molar-refractivity contribution is -0.136. The van der Waals surface area contributed by atoms with Crippen LogP contribution in [0.25, 0.3) is 0 Å². The zero-order valence-electron chi connectivity index (χ0n) is 11.4. The quantitative estimate of drug-likeness (QED) is 0.605. The van der Waals surface area contributed by atoms with Crippen LogP contribution in [-0.4, -0.2) is 44.5 Å². The van der Waals surface area contributed by atoms with E-state index >= 15 is 0 Å². The van der Waals surface area contributed by atoms with Gasteiger partial charge in [0.15, 0.2) is 0 Å². The lowest BCUT2D eigenvalue weighted by Crippen LogP contribution is -1.98. The maximum atomic E-state index is 10.2. The predicted octanol–water partition coefficient (Wildman–Crippen LogP) is 3.37. The summed E-state index contributed by atoms with van der Waals surface area (Å²) in [7, 11) is 1.33. The normalized spacial score (nSPS) is 4.83. The van der Waals surface area contributed by atoms with Gasteiger partial charge in [-0.15, -0.1) is 0 Å². The SMILES string of the molecule is C.C.C.C.C=C(C)C(=O)O.C=C(C)C(=O)OC.C=O.C=O.C=O. The number of carbonyl (C=O) groups excluding carboxylic acids is 4. The molecule has 0 heterocycles. The Labute approximate surface area is 142 Å². The molecule has 142 valence electrons. The van der Waals surface area contributed by atoms with Crippen LogP contribution in [0.5, 0.6) is 0 Å². The first-order valence-corrected chi connectivity index (χ1v) is 4.32. The Hall–Kier alpha value is -2.57. The molecule has 0 aromatic rings. The Kier molecular flexibility index (Phi) is 156. The molecule has 0 aromatic heterocycles. The van der Waals surface area contributed by atoms with E-state index < -0.39 is 5.97 Å². The Morgan fingerprint density at radius 1 is 0.739 bits per heavy atom. The number of hydrogen-bond donors (Lipinski definition) is 1. The van der Waals surface area contributed by atoms with Crippen LogP contribution in [0, 0.1) is 0 Å². The van der Waals surface area contributed by atoms with Crippen molar-refractivity contribution >= 4 is 32.3 Å². The molecule has 0 aromatic carbocycles.